The molecule has 0 fully saturated rings. The van der Waals surface area contributed by atoms with E-state index in [1.54, 1.807) is 24.3 Å². The predicted octanol–water partition coefficient (Wildman–Crippen LogP) is 7.32. The van der Waals surface area contributed by atoms with Crippen molar-refractivity contribution in [3.8, 4) is 17.6 Å². The number of carbonyl (C=O) groups excluding carboxylic acids is 1. The summed E-state index contributed by atoms with van der Waals surface area (Å²) in [5, 5.41) is 14.6. The molecule has 0 aliphatic heterocycles. The number of carbonyl (C=O) groups is 1. The standard InChI is InChI=1S/C29H24Cl2IN3O3/c1-2-37-27-14-19(13-25(32)28(27)38-17-18-7-8-23(30)24(31)12-18)11-21(15-33)29(36)34-10-9-20-16-35-26-6-4-3-5-22(20)26/h3-8,11-14,16,35H,2,9-10,17H2,1H3,(H,34,36)/b21-11-. The van der Waals surface area contributed by atoms with Crippen molar-refractivity contribution in [2.75, 3.05) is 13.2 Å². The molecule has 0 spiro atoms. The molecule has 0 atom stereocenters. The Morgan fingerprint density at radius 2 is 1.95 bits per heavy atom. The Hall–Kier alpha value is -3.19. The fourth-order valence-electron chi connectivity index (χ4n) is 3.92. The molecule has 2 N–H and O–H groups in total. The van der Waals surface area contributed by atoms with Crippen LogP contribution in [-0.2, 0) is 17.8 Å². The Labute approximate surface area is 244 Å². The molecular weight excluding hydrogens is 636 g/mol. The summed E-state index contributed by atoms with van der Waals surface area (Å²) in [6.45, 7) is 2.97. The number of nitrogens with zero attached hydrogens (tertiary/aromatic N) is 1. The fourth-order valence-corrected chi connectivity index (χ4v) is 5.02. The van der Waals surface area contributed by atoms with Crippen molar-refractivity contribution in [2.45, 2.75) is 20.0 Å². The van der Waals surface area contributed by atoms with Gasteiger partial charge >= 0.3 is 0 Å². The topological polar surface area (TPSA) is 87.1 Å². The quantitative estimate of drug-likeness (QED) is 0.106. The van der Waals surface area contributed by atoms with Gasteiger partial charge in [-0.05, 0) is 89.0 Å². The second kappa shape index (κ2) is 13.1. The highest BCUT2D eigenvalue weighted by Crippen LogP contribution is 2.36. The van der Waals surface area contributed by atoms with Gasteiger partial charge in [0.1, 0.15) is 18.2 Å². The number of amides is 1. The molecule has 1 amide bonds. The smallest absolute Gasteiger partial charge is 0.261 e. The average Bonchev–Trinajstić information content (AvgIpc) is 3.32. The first-order valence-electron chi connectivity index (χ1n) is 11.9. The molecule has 0 bridgehead atoms. The summed E-state index contributed by atoms with van der Waals surface area (Å²) in [6, 6.07) is 18.9. The van der Waals surface area contributed by atoms with Crippen LogP contribution in [0.15, 0.2) is 66.4 Å². The minimum Gasteiger partial charge on any atom is -0.490 e. The van der Waals surface area contributed by atoms with Gasteiger partial charge in [0.25, 0.3) is 5.91 Å². The lowest BCUT2D eigenvalue weighted by molar-refractivity contribution is -0.117. The third-order valence-corrected chi connectivity index (χ3v) is 7.27. The molecule has 0 saturated carbocycles. The van der Waals surface area contributed by atoms with E-state index in [4.69, 9.17) is 32.7 Å². The van der Waals surface area contributed by atoms with E-state index in [9.17, 15) is 10.1 Å². The summed E-state index contributed by atoms with van der Waals surface area (Å²) >= 11 is 14.3. The number of aromatic nitrogens is 1. The molecule has 0 radical (unpaired) electrons. The van der Waals surface area contributed by atoms with Crippen LogP contribution >= 0.6 is 45.8 Å². The van der Waals surface area contributed by atoms with Crippen LogP contribution in [0.5, 0.6) is 11.5 Å². The summed E-state index contributed by atoms with van der Waals surface area (Å²) in [7, 11) is 0. The number of benzene rings is 3. The Morgan fingerprint density at radius 3 is 2.71 bits per heavy atom. The highest BCUT2D eigenvalue weighted by molar-refractivity contribution is 14.1. The number of rotatable bonds is 10. The van der Waals surface area contributed by atoms with E-state index in [-0.39, 0.29) is 12.2 Å². The van der Waals surface area contributed by atoms with Crippen LogP contribution in [0.4, 0.5) is 0 Å². The number of H-pyrrole nitrogens is 1. The third-order valence-electron chi connectivity index (χ3n) is 5.73. The van der Waals surface area contributed by atoms with Gasteiger partial charge < -0.3 is 19.8 Å². The maximum absolute atomic E-state index is 12.8. The third kappa shape index (κ3) is 6.81. The SMILES string of the molecule is CCOc1cc(/C=C(/C#N)C(=O)NCCc2c[nH]c3ccccc23)cc(I)c1OCc1ccc(Cl)c(Cl)c1. The molecule has 6 nitrogen and oxygen atoms in total. The van der Waals surface area contributed by atoms with Crippen molar-refractivity contribution in [1.29, 1.82) is 5.26 Å². The van der Waals surface area contributed by atoms with Gasteiger partial charge in [-0.25, -0.2) is 0 Å². The van der Waals surface area contributed by atoms with Gasteiger partial charge in [-0.15, -0.1) is 0 Å². The van der Waals surface area contributed by atoms with E-state index in [2.05, 4.69) is 32.9 Å². The van der Waals surface area contributed by atoms with Crippen molar-refractivity contribution in [3.05, 3.63) is 96.7 Å². The van der Waals surface area contributed by atoms with E-state index in [0.29, 0.717) is 46.7 Å². The summed E-state index contributed by atoms with van der Waals surface area (Å²) in [5.41, 5.74) is 3.68. The molecular formula is C29H24Cl2IN3O3. The molecule has 4 aromatic rings. The second-order valence-electron chi connectivity index (χ2n) is 8.34. The maximum Gasteiger partial charge on any atom is 0.261 e. The minimum absolute atomic E-state index is 0.00616. The van der Waals surface area contributed by atoms with E-state index in [0.717, 1.165) is 25.6 Å². The van der Waals surface area contributed by atoms with Crippen LogP contribution in [0, 0.1) is 14.9 Å². The second-order valence-corrected chi connectivity index (χ2v) is 10.3. The number of hydrogen-bond acceptors (Lipinski definition) is 4. The van der Waals surface area contributed by atoms with Crippen LogP contribution in [0.2, 0.25) is 10.0 Å². The monoisotopic (exact) mass is 659 g/mol. The van der Waals surface area contributed by atoms with Crippen LogP contribution in [0.25, 0.3) is 17.0 Å². The molecule has 3 aromatic carbocycles. The van der Waals surface area contributed by atoms with E-state index in [1.807, 2.05) is 55.6 Å². The highest BCUT2D eigenvalue weighted by atomic mass is 127. The van der Waals surface area contributed by atoms with Crippen LogP contribution in [-0.4, -0.2) is 24.0 Å². The van der Waals surface area contributed by atoms with Crippen LogP contribution in [0.3, 0.4) is 0 Å². The number of aromatic amines is 1. The van der Waals surface area contributed by atoms with Crippen molar-refractivity contribution < 1.29 is 14.3 Å². The van der Waals surface area contributed by atoms with E-state index >= 15 is 0 Å². The van der Waals surface area contributed by atoms with Crippen molar-refractivity contribution in [3.63, 3.8) is 0 Å². The number of para-hydroxylation sites is 1. The molecule has 194 valence electrons. The number of nitriles is 1. The minimum atomic E-state index is -0.430. The number of hydrogen-bond donors (Lipinski definition) is 2. The van der Waals surface area contributed by atoms with Gasteiger partial charge in [-0.1, -0.05) is 47.5 Å². The normalized spacial score (nSPS) is 11.3. The summed E-state index contributed by atoms with van der Waals surface area (Å²) in [4.78, 5) is 16.0. The first-order valence-corrected chi connectivity index (χ1v) is 13.7. The van der Waals surface area contributed by atoms with Crippen molar-refractivity contribution >= 4 is 68.7 Å². The van der Waals surface area contributed by atoms with Gasteiger partial charge in [0.05, 0.1) is 20.2 Å². The van der Waals surface area contributed by atoms with Crippen molar-refractivity contribution in [2.24, 2.45) is 0 Å². The Kier molecular flexibility index (Phi) is 9.56. The lowest BCUT2D eigenvalue weighted by Crippen LogP contribution is -2.26. The molecule has 4 rings (SSSR count). The Morgan fingerprint density at radius 1 is 1.13 bits per heavy atom. The molecule has 1 heterocycles. The molecule has 0 aliphatic carbocycles. The van der Waals surface area contributed by atoms with Gasteiger partial charge in [-0.3, -0.25) is 4.79 Å². The summed E-state index contributed by atoms with van der Waals surface area (Å²) in [5.74, 6) is 0.653. The van der Waals surface area contributed by atoms with Gasteiger partial charge in [-0.2, -0.15) is 5.26 Å². The molecule has 0 aliphatic rings. The van der Waals surface area contributed by atoms with Gasteiger partial charge in [0.2, 0.25) is 0 Å². The largest absolute Gasteiger partial charge is 0.490 e. The first-order chi connectivity index (χ1) is 18.4. The van der Waals surface area contributed by atoms with Crippen molar-refractivity contribution in [1.82, 2.24) is 10.3 Å². The molecule has 0 saturated heterocycles. The number of halogens is 3. The fraction of sp³-hybridized carbons (Fsp3) is 0.172. The number of fused-ring (bicyclic) bond motifs is 1. The van der Waals surface area contributed by atoms with Crippen LogP contribution in [0.1, 0.15) is 23.6 Å². The first kappa shape index (κ1) is 27.8. The maximum atomic E-state index is 12.8. The van der Waals surface area contributed by atoms with E-state index < -0.39 is 5.91 Å². The zero-order chi connectivity index (χ0) is 27.1. The summed E-state index contributed by atoms with van der Waals surface area (Å²) < 4.78 is 12.6. The van der Waals surface area contributed by atoms with Crippen LogP contribution < -0.4 is 14.8 Å². The van der Waals surface area contributed by atoms with Gasteiger partial charge in [0.15, 0.2) is 11.5 Å². The average molecular weight is 660 g/mol. The zero-order valence-corrected chi connectivity index (χ0v) is 24.2. The van der Waals surface area contributed by atoms with Gasteiger partial charge in [0, 0.05) is 23.6 Å². The molecule has 1 aromatic heterocycles. The number of nitrogens with one attached hydrogen (secondary N) is 2. The lowest BCUT2D eigenvalue weighted by atomic mass is 10.1. The molecule has 9 heteroatoms. The molecule has 38 heavy (non-hydrogen) atoms. The number of ether oxygens (including phenoxy) is 2. The molecule has 0 unspecified atom stereocenters. The van der Waals surface area contributed by atoms with E-state index in [1.165, 1.54) is 0 Å². The zero-order valence-electron chi connectivity index (χ0n) is 20.5. The Bertz CT molecular complexity index is 1540. The summed E-state index contributed by atoms with van der Waals surface area (Å²) in [6.07, 6.45) is 4.14. The Balaban J connectivity index is 1.46. The predicted molar refractivity (Wildman–Crippen MR) is 160 cm³/mol. The lowest BCUT2D eigenvalue weighted by Gasteiger charge is -2.15. The highest BCUT2D eigenvalue weighted by Gasteiger charge is 2.15.